The summed E-state index contributed by atoms with van der Waals surface area (Å²) in [7, 11) is 1.81. The Morgan fingerprint density at radius 1 is 1.32 bits per heavy atom. The summed E-state index contributed by atoms with van der Waals surface area (Å²) in [5.74, 6) is 2.58. The molecule has 1 N–H and O–H groups in total. The minimum absolute atomic E-state index is 0.124. The zero-order valence-corrected chi connectivity index (χ0v) is 15.4. The number of hydrogen-bond acceptors (Lipinski definition) is 6. The van der Waals surface area contributed by atoms with Gasteiger partial charge in [-0.25, -0.2) is 0 Å². The average molecular weight is 351 g/mol. The molecule has 140 valence electrons. The van der Waals surface area contributed by atoms with Crippen molar-refractivity contribution in [3.63, 3.8) is 0 Å². The fraction of sp³-hybridized carbons (Fsp3) is 0.824. The molecule has 0 bridgehead atoms. The van der Waals surface area contributed by atoms with E-state index in [1.807, 2.05) is 7.05 Å². The van der Waals surface area contributed by atoms with Gasteiger partial charge < -0.3 is 24.2 Å². The molecule has 3 rings (SSSR count). The lowest BCUT2D eigenvalue weighted by Crippen LogP contribution is -2.53. The molecule has 0 aromatic carbocycles. The van der Waals surface area contributed by atoms with Crippen molar-refractivity contribution in [1.29, 1.82) is 0 Å². The first-order valence-electron chi connectivity index (χ1n) is 9.18. The van der Waals surface area contributed by atoms with Crippen LogP contribution in [0.2, 0.25) is 0 Å². The van der Waals surface area contributed by atoms with E-state index in [0.717, 1.165) is 44.3 Å². The van der Waals surface area contributed by atoms with Gasteiger partial charge in [0.2, 0.25) is 5.89 Å². The van der Waals surface area contributed by atoms with Crippen molar-refractivity contribution in [3.8, 4) is 0 Å². The van der Waals surface area contributed by atoms with Crippen molar-refractivity contribution in [1.82, 2.24) is 20.4 Å². The summed E-state index contributed by atoms with van der Waals surface area (Å²) in [5, 5.41) is 7.38. The number of nitrogens with zero attached hydrogens (tertiary/aromatic N) is 4. The molecule has 0 spiro atoms. The maximum absolute atomic E-state index is 5.90. The van der Waals surface area contributed by atoms with E-state index in [-0.39, 0.29) is 18.1 Å². The number of morpholine rings is 1. The number of guanidine groups is 1. The molecule has 0 saturated carbocycles. The van der Waals surface area contributed by atoms with Gasteiger partial charge in [0.15, 0.2) is 11.8 Å². The summed E-state index contributed by atoms with van der Waals surface area (Å²) in [6.45, 7) is 8.00. The molecule has 2 atom stereocenters. The number of aromatic nitrogens is 2. The molecular formula is C17H29N5O3. The molecule has 2 aliphatic rings. The highest BCUT2D eigenvalue weighted by molar-refractivity contribution is 5.80. The highest BCUT2D eigenvalue weighted by atomic mass is 16.5. The monoisotopic (exact) mass is 351 g/mol. The number of ether oxygens (including phenoxy) is 2. The molecular weight excluding hydrogens is 322 g/mol. The predicted octanol–water partition coefficient (Wildman–Crippen LogP) is 1.19. The van der Waals surface area contributed by atoms with Crippen LogP contribution in [0.15, 0.2) is 9.52 Å². The van der Waals surface area contributed by atoms with Crippen LogP contribution in [-0.4, -0.2) is 73.1 Å². The summed E-state index contributed by atoms with van der Waals surface area (Å²) in [5.41, 5.74) is 0. The standard InChI is InChI=1S/C17H29N5O3/c1-12(2)16-20-15(25-21-16)6-7-19-17(18-3)22-8-10-24-14(11-22)13-5-4-9-23-13/h12-14H,4-11H2,1-3H3,(H,18,19). The summed E-state index contributed by atoms with van der Waals surface area (Å²) in [4.78, 5) is 11.0. The molecule has 1 aromatic rings. The van der Waals surface area contributed by atoms with Crippen LogP contribution in [0.4, 0.5) is 0 Å². The zero-order chi connectivity index (χ0) is 17.6. The summed E-state index contributed by atoms with van der Waals surface area (Å²) >= 11 is 0. The topological polar surface area (TPSA) is 85.0 Å². The van der Waals surface area contributed by atoms with Crippen molar-refractivity contribution >= 4 is 5.96 Å². The first-order chi connectivity index (χ1) is 12.2. The van der Waals surface area contributed by atoms with Crippen molar-refractivity contribution in [3.05, 3.63) is 11.7 Å². The van der Waals surface area contributed by atoms with Crippen molar-refractivity contribution in [2.24, 2.45) is 4.99 Å². The third-order valence-electron chi connectivity index (χ3n) is 4.61. The van der Waals surface area contributed by atoms with Crippen molar-refractivity contribution in [2.75, 3.05) is 39.9 Å². The van der Waals surface area contributed by atoms with Crippen LogP contribution in [0.1, 0.15) is 44.3 Å². The van der Waals surface area contributed by atoms with E-state index in [2.05, 4.69) is 39.2 Å². The van der Waals surface area contributed by atoms with Crippen LogP contribution in [0.5, 0.6) is 0 Å². The lowest BCUT2D eigenvalue weighted by atomic mass is 10.1. The molecule has 0 radical (unpaired) electrons. The molecule has 8 heteroatoms. The fourth-order valence-electron chi connectivity index (χ4n) is 3.21. The van der Waals surface area contributed by atoms with Gasteiger partial charge >= 0.3 is 0 Å². The van der Waals surface area contributed by atoms with Crippen LogP contribution in [0.3, 0.4) is 0 Å². The minimum Gasteiger partial charge on any atom is -0.375 e. The second kappa shape index (κ2) is 8.62. The largest absolute Gasteiger partial charge is 0.375 e. The van der Waals surface area contributed by atoms with Crippen LogP contribution >= 0.6 is 0 Å². The second-order valence-corrected chi connectivity index (χ2v) is 6.83. The summed E-state index contributed by atoms with van der Waals surface area (Å²) in [6, 6.07) is 0. The molecule has 3 heterocycles. The number of hydrogen-bond donors (Lipinski definition) is 1. The quantitative estimate of drug-likeness (QED) is 0.630. The van der Waals surface area contributed by atoms with E-state index in [4.69, 9.17) is 14.0 Å². The normalized spacial score (nSPS) is 25.0. The Balaban J connectivity index is 1.48. The Morgan fingerprint density at radius 2 is 2.16 bits per heavy atom. The second-order valence-electron chi connectivity index (χ2n) is 6.83. The van der Waals surface area contributed by atoms with Crippen LogP contribution in [-0.2, 0) is 15.9 Å². The van der Waals surface area contributed by atoms with Crippen molar-refractivity contribution in [2.45, 2.75) is 51.2 Å². The van der Waals surface area contributed by atoms with E-state index in [0.29, 0.717) is 25.5 Å². The lowest BCUT2D eigenvalue weighted by molar-refractivity contribution is -0.0816. The minimum atomic E-state index is 0.124. The van der Waals surface area contributed by atoms with E-state index in [1.54, 1.807) is 0 Å². The Hall–Kier alpha value is -1.67. The lowest BCUT2D eigenvalue weighted by Gasteiger charge is -2.37. The van der Waals surface area contributed by atoms with Gasteiger partial charge in [0.25, 0.3) is 0 Å². The van der Waals surface area contributed by atoms with Gasteiger partial charge in [-0.3, -0.25) is 4.99 Å². The third-order valence-corrected chi connectivity index (χ3v) is 4.61. The Kier molecular flexibility index (Phi) is 6.25. The summed E-state index contributed by atoms with van der Waals surface area (Å²) < 4.78 is 17.0. The first-order valence-corrected chi connectivity index (χ1v) is 9.18. The van der Waals surface area contributed by atoms with Gasteiger partial charge in [-0.15, -0.1) is 0 Å². The van der Waals surface area contributed by atoms with Crippen LogP contribution in [0, 0.1) is 0 Å². The Bertz CT molecular complexity index is 568. The highest BCUT2D eigenvalue weighted by Crippen LogP contribution is 2.21. The van der Waals surface area contributed by atoms with Crippen LogP contribution < -0.4 is 5.32 Å². The molecule has 25 heavy (non-hydrogen) atoms. The fourth-order valence-corrected chi connectivity index (χ4v) is 3.21. The molecule has 0 amide bonds. The molecule has 0 aliphatic carbocycles. The average Bonchev–Trinajstić information content (AvgIpc) is 3.30. The summed E-state index contributed by atoms with van der Waals surface area (Å²) in [6.07, 6.45) is 3.23. The molecule has 2 saturated heterocycles. The number of aliphatic imine (C=N–C) groups is 1. The maximum atomic E-state index is 5.90. The number of rotatable bonds is 5. The van der Waals surface area contributed by atoms with E-state index >= 15 is 0 Å². The maximum Gasteiger partial charge on any atom is 0.228 e. The van der Waals surface area contributed by atoms with E-state index in [9.17, 15) is 0 Å². The Morgan fingerprint density at radius 3 is 2.84 bits per heavy atom. The van der Waals surface area contributed by atoms with Crippen molar-refractivity contribution < 1.29 is 14.0 Å². The molecule has 8 nitrogen and oxygen atoms in total. The Labute approximate surface area is 149 Å². The SMILES string of the molecule is CN=C(NCCc1nc(C(C)C)no1)N1CCOC(C2CCCO2)C1. The van der Waals surface area contributed by atoms with Gasteiger partial charge in [-0.05, 0) is 12.8 Å². The van der Waals surface area contributed by atoms with Gasteiger partial charge in [-0.1, -0.05) is 19.0 Å². The van der Waals surface area contributed by atoms with Gasteiger partial charge in [0, 0.05) is 45.6 Å². The van der Waals surface area contributed by atoms with E-state index in [1.165, 1.54) is 0 Å². The smallest absolute Gasteiger partial charge is 0.228 e. The molecule has 2 fully saturated rings. The molecule has 2 aliphatic heterocycles. The predicted molar refractivity (Wildman–Crippen MR) is 93.7 cm³/mol. The third kappa shape index (κ3) is 4.70. The van der Waals surface area contributed by atoms with Gasteiger partial charge in [0.05, 0.1) is 12.7 Å². The molecule has 1 aromatic heterocycles. The van der Waals surface area contributed by atoms with E-state index < -0.39 is 0 Å². The highest BCUT2D eigenvalue weighted by Gasteiger charge is 2.32. The zero-order valence-electron chi connectivity index (χ0n) is 15.4. The first kappa shape index (κ1) is 18.1. The number of nitrogens with one attached hydrogen (secondary N) is 1. The molecule has 2 unspecified atom stereocenters. The van der Waals surface area contributed by atoms with Crippen LogP contribution in [0.25, 0.3) is 0 Å². The van der Waals surface area contributed by atoms with Gasteiger partial charge in [-0.2, -0.15) is 4.98 Å². The van der Waals surface area contributed by atoms with Gasteiger partial charge in [0.1, 0.15) is 6.10 Å².